The summed E-state index contributed by atoms with van der Waals surface area (Å²) in [5.74, 6) is 0.774. The molecule has 0 unspecified atom stereocenters. The zero-order valence-electron chi connectivity index (χ0n) is 14.9. The van der Waals surface area contributed by atoms with Crippen LogP contribution < -0.4 is 10.2 Å². The monoisotopic (exact) mass is 342 g/mol. The predicted molar refractivity (Wildman–Crippen MR) is 98.6 cm³/mol. The summed E-state index contributed by atoms with van der Waals surface area (Å²) in [5, 5.41) is 3.01. The lowest BCUT2D eigenvalue weighted by Crippen LogP contribution is -2.45. The van der Waals surface area contributed by atoms with Gasteiger partial charge in [0.25, 0.3) is 0 Å². The highest BCUT2D eigenvalue weighted by Crippen LogP contribution is 2.21. The molecule has 2 amide bonds. The highest BCUT2D eigenvalue weighted by Gasteiger charge is 2.17. The molecule has 0 aliphatic carbocycles. The number of hydrogen-bond donors (Lipinski definition) is 1. The van der Waals surface area contributed by atoms with E-state index < -0.39 is 0 Å². The number of para-hydroxylation sites is 1. The standard InChI is InChI=1S/C19H26N4O2/c1-21-9-11-23(12-10-21)18-8-4-3-6-16(18)14-20-19(24)22(2)15-17-7-5-13-25-17/h3-8,13H,9-12,14-15H2,1-2H3,(H,20,24). The number of carbonyl (C=O) groups is 1. The number of urea groups is 1. The van der Waals surface area contributed by atoms with Gasteiger partial charge in [0.05, 0.1) is 12.8 Å². The zero-order chi connectivity index (χ0) is 17.6. The smallest absolute Gasteiger partial charge is 0.317 e. The average molecular weight is 342 g/mol. The number of hydrogen-bond acceptors (Lipinski definition) is 4. The van der Waals surface area contributed by atoms with E-state index in [0.29, 0.717) is 13.1 Å². The van der Waals surface area contributed by atoms with Gasteiger partial charge in [0.1, 0.15) is 5.76 Å². The molecule has 6 nitrogen and oxygen atoms in total. The van der Waals surface area contributed by atoms with Crippen molar-refractivity contribution in [2.45, 2.75) is 13.1 Å². The van der Waals surface area contributed by atoms with Crippen LogP contribution in [0.4, 0.5) is 10.5 Å². The van der Waals surface area contributed by atoms with Gasteiger partial charge in [-0.2, -0.15) is 0 Å². The van der Waals surface area contributed by atoms with Crippen molar-refractivity contribution in [3.05, 3.63) is 54.0 Å². The molecule has 1 fully saturated rings. The third-order valence-electron chi connectivity index (χ3n) is 4.59. The highest BCUT2D eigenvalue weighted by molar-refractivity contribution is 5.74. The number of furan rings is 1. The summed E-state index contributed by atoms with van der Waals surface area (Å²) in [6.45, 7) is 5.13. The number of piperazine rings is 1. The molecule has 0 atom stereocenters. The van der Waals surface area contributed by atoms with Gasteiger partial charge in [0.2, 0.25) is 0 Å². The van der Waals surface area contributed by atoms with E-state index in [-0.39, 0.29) is 6.03 Å². The molecule has 0 bridgehead atoms. The fourth-order valence-corrected chi connectivity index (χ4v) is 3.03. The summed E-state index contributed by atoms with van der Waals surface area (Å²) in [5.41, 5.74) is 2.36. The van der Waals surface area contributed by atoms with Gasteiger partial charge >= 0.3 is 6.03 Å². The van der Waals surface area contributed by atoms with Crippen molar-refractivity contribution in [3.8, 4) is 0 Å². The quantitative estimate of drug-likeness (QED) is 0.906. The first kappa shape index (κ1) is 17.4. The molecule has 1 aromatic heterocycles. The van der Waals surface area contributed by atoms with Crippen LogP contribution in [-0.4, -0.2) is 56.1 Å². The first-order valence-electron chi connectivity index (χ1n) is 8.66. The number of likely N-dealkylation sites (N-methyl/N-ethyl adjacent to an activating group) is 1. The van der Waals surface area contributed by atoms with E-state index in [1.807, 2.05) is 18.2 Å². The van der Waals surface area contributed by atoms with Gasteiger partial charge in [-0.05, 0) is 30.8 Å². The SMILES string of the molecule is CN1CCN(c2ccccc2CNC(=O)N(C)Cc2ccco2)CC1. The Balaban J connectivity index is 1.58. The van der Waals surface area contributed by atoms with E-state index in [4.69, 9.17) is 4.42 Å². The number of carbonyl (C=O) groups excluding carboxylic acids is 1. The molecular formula is C19H26N4O2. The summed E-state index contributed by atoms with van der Waals surface area (Å²) in [4.78, 5) is 18.7. The number of anilines is 1. The van der Waals surface area contributed by atoms with Crippen LogP contribution in [0.25, 0.3) is 0 Å². The van der Waals surface area contributed by atoms with Crippen molar-refractivity contribution >= 4 is 11.7 Å². The molecule has 0 radical (unpaired) electrons. The third-order valence-corrected chi connectivity index (χ3v) is 4.59. The van der Waals surface area contributed by atoms with Crippen LogP contribution >= 0.6 is 0 Å². The van der Waals surface area contributed by atoms with Crippen LogP contribution in [0.1, 0.15) is 11.3 Å². The van der Waals surface area contributed by atoms with Gasteiger partial charge in [-0.15, -0.1) is 0 Å². The molecule has 25 heavy (non-hydrogen) atoms. The molecule has 6 heteroatoms. The van der Waals surface area contributed by atoms with E-state index in [9.17, 15) is 4.79 Å². The number of amides is 2. The molecular weight excluding hydrogens is 316 g/mol. The second kappa shape index (κ2) is 8.07. The zero-order valence-corrected chi connectivity index (χ0v) is 14.9. The van der Waals surface area contributed by atoms with Crippen LogP contribution in [0.15, 0.2) is 47.1 Å². The van der Waals surface area contributed by atoms with Gasteiger partial charge in [-0.25, -0.2) is 4.79 Å². The summed E-state index contributed by atoms with van der Waals surface area (Å²) >= 11 is 0. The Labute approximate surface area is 149 Å². The molecule has 1 aliphatic heterocycles. The lowest BCUT2D eigenvalue weighted by Gasteiger charge is -2.35. The van der Waals surface area contributed by atoms with Gasteiger partial charge in [0.15, 0.2) is 0 Å². The summed E-state index contributed by atoms with van der Waals surface area (Å²) < 4.78 is 5.29. The van der Waals surface area contributed by atoms with Crippen molar-refractivity contribution in [1.29, 1.82) is 0 Å². The van der Waals surface area contributed by atoms with E-state index in [0.717, 1.165) is 37.5 Å². The molecule has 2 heterocycles. The second-order valence-corrected chi connectivity index (χ2v) is 6.51. The molecule has 1 aromatic carbocycles. The van der Waals surface area contributed by atoms with Crippen LogP contribution in [0.3, 0.4) is 0 Å². The van der Waals surface area contributed by atoms with Crippen molar-refractivity contribution in [3.63, 3.8) is 0 Å². The minimum Gasteiger partial charge on any atom is -0.467 e. The fraction of sp³-hybridized carbons (Fsp3) is 0.421. The lowest BCUT2D eigenvalue weighted by atomic mass is 10.1. The number of benzene rings is 1. The molecule has 1 saturated heterocycles. The molecule has 0 saturated carbocycles. The van der Waals surface area contributed by atoms with Crippen molar-refractivity contribution < 1.29 is 9.21 Å². The number of nitrogens with one attached hydrogen (secondary N) is 1. The minimum absolute atomic E-state index is 0.107. The van der Waals surface area contributed by atoms with Crippen molar-refractivity contribution in [1.82, 2.24) is 15.1 Å². The van der Waals surface area contributed by atoms with E-state index in [1.165, 1.54) is 5.69 Å². The predicted octanol–water partition coefficient (Wildman–Crippen LogP) is 2.37. The summed E-state index contributed by atoms with van der Waals surface area (Å²) in [6, 6.07) is 11.9. The third kappa shape index (κ3) is 4.54. The van der Waals surface area contributed by atoms with Gasteiger partial charge in [-0.3, -0.25) is 0 Å². The van der Waals surface area contributed by atoms with E-state index >= 15 is 0 Å². The summed E-state index contributed by atoms with van der Waals surface area (Å²) in [7, 11) is 3.92. The van der Waals surface area contributed by atoms with Crippen molar-refractivity contribution in [2.75, 3.05) is 45.2 Å². The van der Waals surface area contributed by atoms with Crippen LogP contribution in [0.2, 0.25) is 0 Å². The van der Waals surface area contributed by atoms with Gasteiger partial charge in [0, 0.05) is 45.5 Å². The molecule has 3 rings (SSSR count). The minimum atomic E-state index is -0.107. The van der Waals surface area contributed by atoms with Crippen molar-refractivity contribution in [2.24, 2.45) is 0 Å². The molecule has 1 aliphatic rings. The molecule has 134 valence electrons. The lowest BCUT2D eigenvalue weighted by molar-refractivity contribution is 0.202. The van der Waals surface area contributed by atoms with Crippen LogP contribution in [0, 0.1) is 0 Å². The van der Waals surface area contributed by atoms with Crippen LogP contribution in [0.5, 0.6) is 0 Å². The Morgan fingerprint density at radius 2 is 1.92 bits per heavy atom. The maximum absolute atomic E-state index is 12.3. The first-order chi connectivity index (χ1) is 12.1. The number of nitrogens with zero attached hydrogens (tertiary/aromatic N) is 3. The molecule has 1 N–H and O–H groups in total. The maximum Gasteiger partial charge on any atom is 0.317 e. The largest absolute Gasteiger partial charge is 0.467 e. The van der Waals surface area contributed by atoms with E-state index in [2.05, 4.69) is 40.4 Å². The number of rotatable bonds is 5. The summed E-state index contributed by atoms with van der Waals surface area (Å²) in [6.07, 6.45) is 1.62. The Kier molecular flexibility index (Phi) is 5.60. The Morgan fingerprint density at radius 3 is 2.64 bits per heavy atom. The first-order valence-corrected chi connectivity index (χ1v) is 8.66. The Hall–Kier alpha value is -2.47. The van der Waals surface area contributed by atoms with Crippen LogP contribution in [-0.2, 0) is 13.1 Å². The highest BCUT2D eigenvalue weighted by atomic mass is 16.3. The molecule has 2 aromatic rings. The maximum atomic E-state index is 12.3. The Morgan fingerprint density at radius 1 is 1.16 bits per heavy atom. The fourth-order valence-electron chi connectivity index (χ4n) is 3.03. The van der Waals surface area contributed by atoms with E-state index in [1.54, 1.807) is 18.2 Å². The average Bonchev–Trinajstić information content (AvgIpc) is 3.13. The molecule has 0 spiro atoms. The Bertz CT molecular complexity index is 678. The second-order valence-electron chi connectivity index (χ2n) is 6.51. The normalized spacial score (nSPS) is 15.2. The topological polar surface area (TPSA) is 52.0 Å². The van der Waals surface area contributed by atoms with Gasteiger partial charge < -0.3 is 24.4 Å². The van der Waals surface area contributed by atoms with Gasteiger partial charge in [-0.1, -0.05) is 18.2 Å².